The Hall–Kier alpha value is -2.49. The van der Waals surface area contributed by atoms with Crippen LogP contribution in [0, 0.1) is 20.8 Å². The number of hydrogen-bond donors (Lipinski definition) is 0. The molecule has 3 aromatic rings. The highest BCUT2D eigenvalue weighted by atomic mass is 15.1. The van der Waals surface area contributed by atoms with Crippen molar-refractivity contribution in [3.05, 3.63) is 53.6 Å². The van der Waals surface area contributed by atoms with Gasteiger partial charge < -0.3 is 4.57 Å². The zero-order valence-electron chi connectivity index (χ0n) is 13.8. The van der Waals surface area contributed by atoms with Crippen molar-refractivity contribution in [3.8, 4) is 22.8 Å². The Morgan fingerprint density at radius 2 is 1.86 bits per heavy atom. The Balaban J connectivity index is 2.22. The van der Waals surface area contributed by atoms with Gasteiger partial charge in [-0.1, -0.05) is 0 Å². The Bertz CT molecular complexity index is 846. The summed E-state index contributed by atoms with van der Waals surface area (Å²) in [5.41, 5.74) is 6.65. The molecule has 0 radical (unpaired) electrons. The second-order valence-electron chi connectivity index (χ2n) is 5.69. The van der Waals surface area contributed by atoms with Crippen molar-refractivity contribution in [1.82, 2.24) is 14.5 Å². The summed E-state index contributed by atoms with van der Waals surface area (Å²) in [5.74, 6) is 0.995. The lowest BCUT2D eigenvalue weighted by Gasteiger charge is -2.09. The molecule has 0 N–H and O–H groups in total. The predicted octanol–water partition coefficient (Wildman–Crippen LogP) is 2.90. The molecular formula is C18H21N4+. The molecule has 0 spiro atoms. The molecule has 4 heteroatoms. The highest BCUT2D eigenvalue weighted by Crippen LogP contribution is 2.28. The summed E-state index contributed by atoms with van der Waals surface area (Å²) in [6.07, 6.45) is 3.90. The van der Waals surface area contributed by atoms with E-state index in [0.717, 1.165) is 34.0 Å². The molecule has 0 saturated carbocycles. The lowest BCUT2D eigenvalue weighted by molar-refractivity contribution is -0.660. The monoisotopic (exact) mass is 293 g/mol. The van der Waals surface area contributed by atoms with Crippen LogP contribution in [0.1, 0.15) is 17.0 Å². The number of pyridine rings is 2. The molecule has 0 aromatic carbocycles. The molecule has 0 amide bonds. The molecule has 3 heterocycles. The van der Waals surface area contributed by atoms with Crippen molar-refractivity contribution in [2.45, 2.75) is 20.8 Å². The summed E-state index contributed by atoms with van der Waals surface area (Å²) in [4.78, 5) is 9.32. The van der Waals surface area contributed by atoms with Crippen LogP contribution in [-0.2, 0) is 14.1 Å². The lowest BCUT2D eigenvalue weighted by atomic mass is 10.0. The standard InChI is InChI=1S/C18H21N4/c1-12-15(18-20-13(2)14(3)22(18)5)9-10-19-17(12)16-8-6-7-11-21(16)4/h6-11H,1-5H3/q+1. The average Bonchev–Trinajstić information content (AvgIpc) is 2.76. The van der Waals surface area contributed by atoms with Crippen LogP contribution in [0.15, 0.2) is 36.7 Å². The zero-order chi connectivity index (χ0) is 15.9. The third-order valence-corrected chi connectivity index (χ3v) is 4.36. The van der Waals surface area contributed by atoms with Crippen LogP contribution in [0.3, 0.4) is 0 Å². The number of hydrogen-bond acceptors (Lipinski definition) is 2. The summed E-state index contributed by atoms with van der Waals surface area (Å²) in [6.45, 7) is 6.26. The zero-order valence-corrected chi connectivity index (χ0v) is 13.8. The maximum absolute atomic E-state index is 4.73. The van der Waals surface area contributed by atoms with Crippen molar-refractivity contribution < 1.29 is 4.57 Å². The highest BCUT2D eigenvalue weighted by Gasteiger charge is 2.18. The van der Waals surface area contributed by atoms with Gasteiger partial charge in [-0.25, -0.2) is 9.97 Å². The SMILES string of the molecule is Cc1nc(-c2ccnc(-c3cccc[n+]3C)c2C)n(C)c1C. The fourth-order valence-corrected chi connectivity index (χ4v) is 2.76. The van der Waals surface area contributed by atoms with Gasteiger partial charge in [0, 0.05) is 36.6 Å². The first kappa shape index (κ1) is 14.4. The molecule has 112 valence electrons. The third kappa shape index (κ3) is 2.21. The number of nitrogens with zero attached hydrogens (tertiary/aromatic N) is 4. The Labute approximate surface area is 131 Å². The van der Waals surface area contributed by atoms with Gasteiger partial charge in [0.2, 0.25) is 5.69 Å². The minimum absolute atomic E-state index is 0.995. The smallest absolute Gasteiger partial charge is 0.231 e. The molecule has 0 unspecified atom stereocenters. The van der Waals surface area contributed by atoms with Gasteiger partial charge in [-0.2, -0.15) is 4.57 Å². The molecule has 0 aliphatic heterocycles. The van der Waals surface area contributed by atoms with Gasteiger partial charge in [0.1, 0.15) is 18.6 Å². The van der Waals surface area contributed by atoms with E-state index in [-0.39, 0.29) is 0 Å². The Morgan fingerprint density at radius 3 is 2.50 bits per heavy atom. The molecule has 0 atom stereocenters. The summed E-state index contributed by atoms with van der Waals surface area (Å²) in [5, 5.41) is 0. The van der Waals surface area contributed by atoms with E-state index in [0.29, 0.717) is 0 Å². The van der Waals surface area contributed by atoms with Gasteiger partial charge in [-0.15, -0.1) is 0 Å². The second kappa shape index (κ2) is 5.37. The molecule has 4 nitrogen and oxygen atoms in total. The first-order valence-corrected chi connectivity index (χ1v) is 7.41. The highest BCUT2D eigenvalue weighted by molar-refractivity contribution is 5.70. The van der Waals surface area contributed by atoms with Crippen molar-refractivity contribution in [3.63, 3.8) is 0 Å². The van der Waals surface area contributed by atoms with Gasteiger partial charge in [-0.05, 0) is 38.5 Å². The summed E-state index contributed by atoms with van der Waals surface area (Å²) in [7, 11) is 4.10. The third-order valence-electron chi connectivity index (χ3n) is 4.36. The predicted molar refractivity (Wildman–Crippen MR) is 87.3 cm³/mol. The van der Waals surface area contributed by atoms with Crippen LogP contribution >= 0.6 is 0 Å². The molecule has 0 fully saturated rings. The van der Waals surface area contributed by atoms with Gasteiger partial charge in [0.15, 0.2) is 6.20 Å². The van der Waals surface area contributed by atoms with Crippen LogP contribution in [-0.4, -0.2) is 14.5 Å². The van der Waals surface area contributed by atoms with Crippen LogP contribution in [0.25, 0.3) is 22.8 Å². The van der Waals surface area contributed by atoms with E-state index in [1.165, 1.54) is 5.69 Å². The van der Waals surface area contributed by atoms with Gasteiger partial charge in [-0.3, -0.25) is 0 Å². The van der Waals surface area contributed by atoms with Gasteiger partial charge >= 0.3 is 0 Å². The van der Waals surface area contributed by atoms with E-state index < -0.39 is 0 Å². The quantitative estimate of drug-likeness (QED) is 0.681. The number of aryl methyl sites for hydroxylation is 2. The molecule has 0 aliphatic rings. The second-order valence-corrected chi connectivity index (χ2v) is 5.69. The average molecular weight is 293 g/mol. The molecule has 0 aliphatic carbocycles. The van der Waals surface area contributed by atoms with Crippen LogP contribution < -0.4 is 4.57 Å². The minimum Gasteiger partial charge on any atom is -0.331 e. The molecule has 3 rings (SSSR count). The molecule has 3 aromatic heterocycles. The minimum atomic E-state index is 0.995. The van der Waals surface area contributed by atoms with Gasteiger partial charge in [0.25, 0.3) is 0 Å². The molecule has 0 bridgehead atoms. The van der Waals surface area contributed by atoms with E-state index >= 15 is 0 Å². The summed E-state index contributed by atoms with van der Waals surface area (Å²) < 4.78 is 4.24. The largest absolute Gasteiger partial charge is 0.331 e. The number of imidazole rings is 1. The number of rotatable bonds is 2. The molecule has 22 heavy (non-hydrogen) atoms. The van der Waals surface area contributed by atoms with E-state index in [1.54, 1.807) is 0 Å². The van der Waals surface area contributed by atoms with Crippen LogP contribution in [0.5, 0.6) is 0 Å². The molecule has 0 saturated heterocycles. The van der Waals surface area contributed by atoms with Crippen molar-refractivity contribution >= 4 is 0 Å². The molecular weight excluding hydrogens is 272 g/mol. The van der Waals surface area contributed by atoms with Crippen LogP contribution in [0.4, 0.5) is 0 Å². The van der Waals surface area contributed by atoms with E-state index in [4.69, 9.17) is 4.98 Å². The fourth-order valence-electron chi connectivity index (χ4n) is 2.76. The first-order chi connectivity index (χ1) is 10.5. The lowest BCUT2D eigenvalue weighted by Crippen LogP contribution is -2.30. The maximum atomic E-state index is 4.73. The Morgan fingerprint density at radius 1 is 1.09 bits per heavy atom. The fraction of sp³-hybridized carbons (Fsp3) is 0.278. The normalized spacial score (nSPS) is 11.0. The van der Waals surface area contributed by atoms with Gasteiger partial charge in [0.05, 0.1) is 5.69 Å². The van der Waals surface area contributed by atoms with E-state index in [9.17, 15) is 0 Å². The van der Waals surface area contributed by atoms with Crippen molar-refractivity contribution in [2.75, 3.05) is 0 Å². The Kier molecular flexibility index (Phi) is 3.53. The summed E-state index contributed by atoms with van der Waals surface area (Å²) in [6, 6.07) is 8.20. The van der Waals surface area contributed by atoms with Crippen LogP contribution in [0.2, 0.25) is 0 Å². The van der Waals surface area contributed by atoms with E-state index in [1.807, 2.05) is 44.6 Å². The maximum Gasteiger partial charge on any atom is 0.231 e. The summed E-state index contributed by atoms with van der Waals surface area (Å²) >= 11 is 0. The van der Waals surface area contributed by atoms with Crippen molar-refractivity contribution in [1.29, 1.82) is 0 Å². The van der Waals surface area contributed by atoms with E-state index in [2.05, 4.69) is 41.1 Å². The topological polar surface area (TPSA) is 34.6 Å². The first-order valence-electron chi connectivity index (χ1n) is 7.41. The van der Waals surface area contributed by atoms with Crippen molar-refractivity contribution in [2.24, 2.45) is 14.1 Å². The number of aromatic nitrogens is 4.